The summed E-state index contributed by atoms with van der Waals surface area (Å²) in [7, 11) is 0. The number of amides is 1. The number of halogens is 3. The Labute approximate surface area is 192 Å². The zero-order chi connectivity index (χ0) is 23.9. The lowest BCUT2D eigenvalue weighted by atomic mass is 10.1. The second-order valence-electron chi connectivity index (χ2n) is 7.75. The van der Waals surface area contributed by atoms with Crippen LogP contribution in [0.3, 0.4) is 0 Å². The Hall–Kier alpha value is -4.40. The fourth-order valence-electron chi connectivity index (χ4n) is 3.74. The van der Waals surface area contributed by atoms with Crippen LogP contribution >= 0.6 is 0 Å². The number of para-hydroxylation sites is 3. The number of hydrogen-bond donors (Lipinski definition) is 2. The molecule has 2 aromatic heterocycles. The van der Waals surface area contributed by atoms with Crippen LogP contribution in [0.1, 0.15) is 21.6 Å². The Bertz CT molecular complexity index is 1470. The minimum absolute atomic E-state index is 0.208. The van der Waals surface area contributed by atoms with Crippen molar-refractivity contribution in [3.63, 3.8) is 0 Å². The lowest BCUT2D eigenvalue weighted by Gasteiger charge is -2.14. The van der Waals surface area contributed by atoms with Crippen molar-refractivity contribution in [2.24, 2.45) is 0 Å². The third kappa shape index (κ3) is 3.92. The quantitative estimate of drug-likeness (QED) is 0.345. The molecule has 0 fully saturated rings. The number of anilines is 1. The van der Waals surface area contributed by atoms with Gasteiger partial charge in [-0.3, -0.25) is 4.79 Å². The maximum Gasteiger partial charge on any atom is 0.434 e. The second-order valence-corrected chi connectivity index (χ2v) is 7.75. The molecule has 2 heterocycles. The van der Waals surface area contributed by atoms with E-state index in [4.69, 9.17) is 0 Å². The van der Waals surface area contributed by atoms with Crippen LogP contribution in [0.25, 0.3) is 28.1 Å². The number of alkyl halides is 3. The van der Waals surface area contributed by atoms with Gasteiger partial charge in [0, 0.05) is 5.56 Å². The molecule has 1 amide bonds. The van der Waals surface area contributed by atoms with E-state index in [0.29, 0.717) is 17.1 Å². The van der Waals surface area contributed by atoms with E-state index in [2.05, 4.69) is 20.4 Å². The summed E-state index contributed by atoms with van der Waals surface area (Å²) in [5.41, 5.74) is 1.79. The summed E-state index contributed by atoms with van der Waals surface area (Å²) in [5.74, 6) is -0.433. The standard InChI is InChI=1S/C25H18F3N5O/c1-15-10-12-16(13-11-15)33-22(25(26,27)28)18(14-29-33)24(34)32-19-7-3-2-6-17(19)23-30-20-8-4-5-9-21(20)31-23/h2-14H,1H3,(H,30,31)(H,32,34). The van der Waals surface area contributed by atoms with Crippen molar-refractivity contribution in [1.82, 2.24) is 19.7 Å². The average Bonchev–Trinajstić information content (AvgIpc) is 3.45. The van der Waals surface area contributed by atoms with Crippen LogP contribution in [0.5, 0.6) is 0 Å². The van der Waals surface area contributed by atoms with E-state index in [1.165, 1.54) is 12.1 Å². The van der Waals surface area contributed by atoms with E-state index in [1.807, 2.05) is 31.2 Å². The van der Waals surface area contributed by atoms with E-state index in [0.717, 1.165) is 27.5 Å². The number of nitrogens with zero attached hydrogens (tertiary/aromatic N) is 3. The predicted octanol–water partition coefficient (Wildman–Crippen LogP) is 6.00. The number of aryl methyl sites for hydroxylation is 1. The minimum Gasteiger partial charge on any atom is -0.338 e. The molecule has 6 nitrogen and oxygen atoms in total. The van der Waals surface area contributed by atoms with E-state index >= 15 is 0 Å². The van der Waals surface area contributed by atoms with Crippen molar-refractivity contribution in [3.8, 4) is 17.1 Å². The number of aromatic nitrogens is 4. The van der Waals surface area contributed by atoms with Crippen LogP contribution in [-0.2, 0) is 6.18 Å². The van der Waals surface area contributed by atoms with Crippen molar-refractivity contribution in [2.45, 2.75) is 13.1 Å². The molecule has 0 aliphatic heterocycles. The Morgan fingerprint density at radius 3 is 2.41 bits per heavy atom. The Morgan fingerprint density at radius 2 is 1.68 bits per heavy atom. The third-order valence-electron chi connectivity index (χ3n) is 5.38. The normalized spacial score (nSPS) is 11.6. The van der Waals surface area contributed by atoms with Crippen molar-refractivity contribution < 1.29 is 18.0 Å². The zero-order valence-corrected chi connectivity index (χ0v) is 17.9. The molecule has 0 atom stereocenters. The number of benzene rings is 3. The summed E-state index contributed by atoms with van der Waals surface area (Å²) in [6.07, 6.45) is -3.87. The van der Waals surface area contributed by atoms with Crippen LogP contribution in [0, 0.1) is 6.92 Å². The molecule has 0 saturated heterocycles. The van der Waals surface area contributed by atoms with Gasteiger partial charge in [0.05, 0.1) is 34.2 Å². The highest BCUT2D eigenvalue weighted by atomic mass is 19.4. The molecule has 0 unspecified atom stereocenters. The number of rotatable bonds is 4. The van der Waals surface area contributed by atoms with E-state index in [-0.39, 0.29) is 5.69 Å². The van der Waals surface area contributed by atoms with Gasteiger partial charge < -0.3 is 10.3 Å². The van der Waals surface area contributed by atoms with Crippen molar-refractivity contribution in [2.75, 3.05) is 5.32 Å². The van der Waals surface area contributed by atoms with Crippen molar-refractivity contribution in [1.29, 1.82) is 0 Å². The summed E-state index contributed by atoms with van der Waals surface area (Å²) < 4.78 is 42.8. The first-order chi connectivity index (χ1) is 16.3. The summed E-state index contributed by atoms with van der Waals surface area (Å²) in [5, 5.41) is 6.48. The summed E-state index contributed by atoms with van der Waals surface area (Å²) in [6.45, 7) is 1.83. The lowest BCUT2D eigenvalue weighted by Crippen LogP contribution is -2.21. The number of carbonyl (C=O) groups is 1. The number of carbonyl (C=O) groups excluding carboxylic acids is 1. The maximum absolute atomic E-state index is 14.0. The molecule has 5 aromatic rings. The van der Waals surface area contributed by atoms with Gasteiger partial charge in [-0.15, -0.1) is 0 Å². The van der Waals surface area contributed by atoms with Crippen molar-refractivity contribution in [3.05, 3.63) is 95.8 Å². The molecule has 0 radical (unpaired) electrons. The van der Waals surface area contributed by atoms with Gasteiger partial charge in [0.2, 0.25) is 0 Å². The molecule has 2 N–H and O–H groups in total. The van der Waals surface area contributed by atoms with Gasteiger partial charge >= 0.3 is 6.18 Å². The molecule has 5 rings (SSSR count). The molecule has 9 heteroatoms. The van der Waals surface area contributed by atoms with Crippen LogP contribution in [0.15, 0.2) is 79.0 Å². The Morgan fingerprint density at radius 1 is 0.971 bits per heavy atom. The molecule has 0 saturated carbocycles. The topological polar surface area (TPSA) is 75.6 Å². The number of aromatic amines is 1. The molecule has 34 heavy (non-hydrogen) atoms. The average molecular weight is 461 g/mol. The molecular formula is C25H18F3N5O. The first-order valence-electron chi connectivity index (χ1n) is 10.4. The van der Waals surface area contributed by atoms with Gasteiger partial charge in [0.1, 0.15) is 5.82 Å². The number of hydrogen-bond acceptors (Lipinski definition) is 3. The van der Waals surface area contributed by atoms with Gasteiger partial charge in [0.25, 0.3) is 5.91 Å². The third-order valence-corrected chi connectivity index (χ3v) is 5.38. The van der Waals surface area contributed by atoms with Gasteiger partial charge in [-0.05, 0) is 43.3 Å². The fourth-order valence-corrected chi connectivity index (χ4v) is 3.74. The summed E-state index contributed by atoms with van der Waals surface area (Å²) >= 11 is 0. The van der Waals surface area contributed by atoms with Gasteiger partial charge in [-0.2, -0.15) is 18.3 Å². The maximum atomic E-state index is 14.0. The van der Waals surface area contributed by atoms with Crippen LogP contribution in [-0.4, -0.2) is 25.7 Å². The molecule has 170 valence electrons. The Kier molecular flexibility index (Phi) is 5.16. The first kappa shape index (κ1) is 21.4. The highest BCUT2D eigenvalue weighted by Gasteiger charge is 2.40. The second kappa shape index (κ2) is 8.18. The summed E-state index contributed by atoms with van der Waals surface area (Å²) in [4.78, 5) is 20.7. The molecule has 0 aliphatic rings. The van der Waals surface area contributed by atoms with Gasteiger partial charge in [-0.1, -0.05) is 42.0 Å². The van der Waals surface area contributed by atoms with Gasteiger partial charge in [-0.25, -0.2) is 9.67 Å². The molecule has 0 spiro atoms. The number of fused-ring (bicyclic) bond motifs is 1. The number of nitrogens with one attached hydrogen (secondary N) is 2. The van der Waals surface area contributed by atoms with Crippen molar-refractivity contribution >= 4 is 22.6 Å². The molecular weight excluding hydrogens is 443 g/mol. The van der Waals surface area contributed by atoms with E-state index in [9.17, 15) is 18.0 Å². The van der Waals surface area contributed by atoms with Crippen LogP contribution in [0.4, 0.5) is 18.9 Å². The van der Waals surface area contributed by atoms with Crippen LogP contribution < -0.4 is 5.32 Å². The highest BCUT2D eigenvalue weighted by molar-refractivity contribution is 6.07. The first-order valence-corrected chi connectivity index (χ1v) is 10.4. The largest absolute Gasteiger partial charge is 0.434 e. The molecule has 0 bridgehead atoms. The van der Waals surface area contributed by atoms with E-state index in [1.54, 1.807) is 36.4 Å². The SMILES string of the molecule is Cc1ccc(-n2ncc(C(=O)Nc3ccccc3-c3nc4ccccc4[nH]3)c2C(F)(F)F)cc1. The highest BCUT2D eigenvalue weighted by Crippen LogP contribution is 2.35. The molecule has 3 aromatic carbocycles. The zero-order valence-electron chi connectivity index (χ0n) is 17.9. The van der Waals surface area contributed by atoms with E-state index < -0.39 is 23.3 Å². The Balaban J connectivity index is 1.53. The van der Waals surface area contributed by atoms with Gasteiger partial charge in [0.15, 0.2) is 5.69 Å². The molecule has 0 aliphatic carbocycles. The number of imidazole rings is 1. The van der Waals surface area contributed by atoms with Crippen LogP contribution in [0.2, 0.25) is 0 Å². The summed E-state index contributed by atoms with van der Waals surface area (Å²) in [6, 6.07) is 20.6. The smallest absolute Gasteiger partial charge is 0.338 e. The monoisotopic (exact) mass is 461 g/mol. The number of H-pyrrole nitrogens is 1. The fraction of sp³-hybridized carbons (Fsp3) is 0.0800. The minimum atomic E-state index is -4.80. The lowest BCUT2D eigenvalue weighted by molar-refractivity contribution is -0.143. The predicted molar refractivity (Wildman–Crippen MR) is 123 cm³/mol.